The van der Waals surface area contributed by atoms with E-state index < -0.39 is 5.54 Å². The minimum Gasteiger partial charge on any atom is -0.394 e. The molecule has 0 saturated heterocycles. The number of hydrogen-bond donors (Lipinski definition) is 2. The molecule has 0 aliphatic rings. The van der Waals surface area contributed by atoms with Gasteiger partial charge in [0, 0.05) is 0 Å². The topological polar surface area (TPSA) is 32.3 Å². The largest absolute Gasteiger partial charge is 0.394 e. The first-order valence-electron chi connectivity index (χ1n) is 5.71. The van der Waals surface area contributed by atoms with E-state index in [4.69, 9.17) is 23.2 Å². The Labute approximate surface area is 113 Å². The highest BCUT2D eigenvalue weighted by atomic mass is 35.5. The van der Waals surface area contributed by atoms with E-state index >= 15 is 0 Å². The summed E-state index contributed by atoms with van der Waals surface area (Å²) in [6.45, 7) is 6.93. The molecule has 1 aromatic rings. The van der Waals surface area contributed by atoms with Crippen LogP contribution in [0.1, 0.15) is 26.3 Å². The smallest absolute Gasteiger partial charge is 0.0655 e. The Kier molecular flexibility index (Phi) is 5.26. The van der Waals surface area contributed by atoms with Gasteiger partial charge in [0.25, 0.3) is 0 Å². The standard InChI is InChI=1S/C13H19Cl2NO/c1-9(2)7-16-13(3,8-17)10-5-4-6-11(14)12(10)15/h4-6,9,16-17H,7-8H2,1-3H3. The molecule has 0 bridgehead atoms. The van der Waals surface area contributed by atoms with E-state index in [0.29, 0.717) is 16.0 Å². The maximum absolute atomic E-state index is 9.60. The highest BCUT2D eigenvalue weighted by Gasteiger charge is 2.28. The van der Waals surface area contributed by atoms with E-state index in [9.17, 15) is 5.11 Å². The van der Waals surface area contributed by atoms with Gasteiger partial charge in [-0.3, -0.25) is 0 Å². The Morgan fingerprint density at radius 1 is 1.35 bits per heavy atom. The summed E-state index contributed by atoms with van der Waals surface area (Å²) in [5.41, 5.74) is 0.265. The molecule has 4 heteroatoms. The van der Waals surface area contributed by atoms with Gasteiger partial charge in [-0.2, -0.15) is 0 Å². The zero-order valence-corrected chi connectivity index (χ0v) is 11.9. The van der Waals surface area contributed by atoms with Crippen LogP contribution in [0.25, 0.3) is 0 Å². The number of hydrogen-bond acceptors (Lipinski definition) is 2. The molecule has 0 amide bonds. The summed E-state index contributed by atoms with van der Waals surface area (Å²) in [7, 11) is 0. The Bertz CT molecular complexity index is 382. The van der Waals surface area contributed by atoms with Crippen LogP contribution in [0.3, 0.4) is 0 Å². The maximum atomic E-state index is 9.60. The van der Waals surface area contributed by atoms with Crippen molar-refractivity contribution in [3.8, 4) is 0 Å². The molecule has 1 rings (SSSR count). The van der Waals surface area contributed by atoms with Crippen molar-refractivity contribution in [2.24, 2.45) is 5.92 Å². The van der Waals surface area contributed by atoms with Gasteiger partial charge in [0.2, 0.25) is 0 Å². The molecule has 17 heavy (non-hydrogen) atoms. The van der Waals surface area contributed by atoms with Crippen molar-refractivity contribution in [3.63, 3.8) is 0 Å². The van der Waals surface area contributed by atoms with Gasteiger partial charge < -0.3 is 10.4 Å². The quantitative estimate of drug-likeness (QED) is 0.863. The van der Waals surface area contributed by atoms with E-state index in [1.807, 2.05) is 19.1 Å². The maximum Gasteiger partial charge on any atom is 0.0655 e. The summed E-state index contributed by atoms with van der Waals surface area (Å²) >= 11 is 12.2. The first-order chi connectivity index (χ1) is 7.90. The number of aliphatic hydroxyl groups is 1. The zero-order valence-electron chi connectivity index (χ0n) is 10.4. The van der Waals surface area contributed by atoms with Crippen LogP contribution in [-0.2, 0) is 5.54 Å². The third kappa shape index (κ3) is 3.59. The van der Waals surface area contributed by atoms with Crippen molar-refractivity contribution in [1.29, 1.82) is 0 Å². The van der Waals surface area contributed by atoms with Crippen LogP contribution in [0.2, 0.25) is 10.0 Å². The van der Waals surface area contributed by atoms with E-state index in [1.165, 1.54) is 0 Å². The highest BCUT2D eigenvalue weighted by molar-refractivity contribution is 6.42. The van der Waals surface area contributed by atoms with Crippen LogP contribution in [0, 0.1) is 5.92 Å². The molecule has 2 N–H and O–H groups in total. The molecular formula is C13H19Cl2NO. The number of halogens is 2. The van der Waals surface area contributed by atoms with Crippen LogP contribution in [0.4, 0.5) is 0 Å². The highest BCUT2D eigenvalue weighted by Crippen LogP contribution is 2.33. The van der Waals surface area contributed by atoms with Crippen molar-refractivity contribution in [2.45, 2.75) is 26.3 Å². The molecular weight excluding hydrogens is 257 g/mol. The van der Waals surface area contributed by atoms with Crippen LogP contribution < -0.4 is 5.32 Å². The predicted molar refractivity (Wildman–Crippen MR) is 73.7 cm³/mol. The zero-order chi connectivity index (χ0) is 13.1. The van der Waals surface area contributed by atoms with E-state index in [0.717, 1.165) is 12.1 Å². The lowest BCUT2D eigenvalue weighted by Gasteiger charge is -2.31. The molecule has 1 atom stereocenters. The van der Waals surface area contributed by atoms with Gasteiger partial charge in [-0.05, 0) is 31.0 Å². The second-order valence-electron chi connectivity index (χ2n) is 4.87. The van der Waals surface area contributed by atoms with Gasteiger partial charge in [-0.1, -0.05) is 49.2 Å². The summed E-state index contributed by atoms with van der Waals surface area (Å²) in [6.07, 6.45) is 0. The molecule has 0 saturated carbocycles. The van der Waals surface area contributed by atoms with Gasteiger partial charge >= 0.3 is 0 Å². The minimum atomic E-state index is -0.563. The van der Waals surface area contributed by atoms with Gasteiger partial charge in [0.1, 0.15) is 0 Å². The normalized spacial score (nSPS) is 15.0. The van der Waals surface area contributed by atoms with Crippen molar-refractivity contribution < 1.29 is 5.11 Å². The first-order valence-corrected chi connectivity index (χ1v) is 6.46. The molecule has 0 aliphatic heterocycles. The molecule has 0 spiro atoms. The molecule has 1 unspecified atom stereocenters. The average Bonchev–Trinajstić information content (AvgIpc) is 2.29. The minimum absolute atomic E-state index is 0.0280. The predicted octanol–water partition coefficient (Wildman–Crippen LogP) is 3.45. The van der Waals surface area contributed by atoms with Gasteiger partial charge in [-0.25, -0.2) is 0 Å². The number of nitrogens with one attached hydrogen (secondary N) is 1. The second-order valence-corrected chi connectivity index (χ2v) is 5.65. The Hall–Kier alpha value is -0.280. The van der Waals surface area contributed by atoms with Gasteiger partial charge in [0.15, 0.2) is 0 Å². The van der Waals surface area contributed by atoms with Crippen molar-refractivity contribution in [3.05, 3.63) is 33.8 Å². The van der Waals surface area contributed by atoms with E-state index in [-0.39, 0.29) is 6.61 Å². The molecule has 0 aliphatic carbocycles. The summed E-state index contributed by atoms with van der Waals surface area (Å²) in [4.78, 5) is 0. The van der Waals surface area contributed by atoms with Crippen molar-refractivity contribution in [1.82, 2.24) is 5.32 Å². The average molecular weight is 276 g/mol. The molecule has 2 nitrogen and oxygen atoms in total. The first kappa shape index (κ1) is 14.8. The van der Waals surface area contributed by atoms with Crippen molar-refractivity contribution >= 4 is 23.2 Å². The molecule has 96 valence electrons. The lowest BCUT2D eigenvalue weighted by atomic mass is 9.92. The number of benzene rings is 1. The Balaban J connectivity index is 3.03. The van der Waals surface area contributed by atoms with Crippen LogP contribution >= 0.6 is 23.2 Å². The van der Waals surface area contributed by atoms with Crippen LogP contribution in [0.5, 0.6) is 0 Å². The molecule has 1 aromatic carbocycles. The summed E-state index contributed by atoms with van der Waals surface area (Å²) in [6, 6.07) is 5.47. The summed E-state index contributed by atoms with van der Waals surface area (Å²) < 4.78 is 0. The fourth-order valence-corrected chi connectivity index (χ4v) is 2.10. The van der Waals surface area contributed by atoms with Gasteiger partial charge in [-0.15, -0.1) is 0 Å². The monoisotopic (exact) mass is 275 g/mol. The third-order valence-corrected chi connectivity index (χ3v) is 3.58. The molecule has 0 aromatic heterocycles. The second kappa shape index (κ2) is 6.05. The fourth-order valence-electron chi connectivity index (χ4n) is 1.60. The Morgan fingerprint density at radius 3 is 2.53 bits per heavy atom. The van der Waals surface area contributed by atoms with Gasteiger partial charge in [0.05, 0.1) is 22.2 Å². The SMILES string of the molecule is CC(C)CNC(C)(CO)c1cccc(Cl)c1Cl. The molecule has 0 heterocycles. The van der Waals surface area contributed by atoms with Crippen molar-refractivity contribution in [2.75, 3.05) is 13.2 Å². The fraction of sp³-hybridized carbons (Fsp3) is 0.538. The van der Waals surface area contributed by atoms with E-state index in [1.54, 1.807) is 6.07 Å². The Morgan fingerprint density at radius 2 is 2.00 bits per heavy atom. The van der Waals surface area contributed by atoms with Crippen LogP contribution in [-0.4, -0.2) is 18.3 Å². The lowest BCUT2D eigenvalue weighted by molar-refractivity contribution is 0.171. The van der Waals surface area contributed by atoms with Crippen LogP contribution in [0.15, 0.2) is 18.2 Å². The molecule has 0 radical (unpaired) electrons. The third-order valence-electron chi connectivity index (χ3n) is 2.76. The lowest BCUT2D eigenvalue weighted by Crippen LogP contribution is -2.44. The molecule has 0 fully saturated rings. The summed E-state index contributed by atoms with van der Waals surface area (Å²) in [5, 5.41) is 14.0. The number of aliphatic hydroxyl groups excluding tert-OH is 1. The summed E-state index contributed by atoms with van der Waals surface area (Å²) in [5.74, 6) is 0.499. The number of rotatable bonds is 5. The van der Waals surface area contributed by atoms with E-state index in [2.05, 4.69) is 19.2 Å².